The fourth-order valence-electron chi connectivity index (χ4n) is 1.56. The Hall–Kier alpha value is -0.790. The van der Waals surface area contributed by atoms with E-state index in [1.54, 1.807) is 6.20 Å². The Morgan fingerprint density at radius 3 is 2.79 bits per heavy atom. The molecule has 0 saturated carbocycles. The number of pyridine rings is 1. The van der Waals surface area contributed by atoms with Crippen molar-refractivity contribution in [2.45, 2.75) is 12.8 Å². The summed E-state index contributed by atoms with van der Waals surface area (Å²) < 4.78 is 0. The van der Waals surface area contributed by atoms with Crippen molar-refractivity contribution in [2.24, 2.45) is 0 Å². The van der Waals surface area contributed by atoms with Crippen molar-refractivity contribution >= 4 is 34.1 Å². The SMILES string of the molecule is Cc1cc(CCl)cc2cc(Cl)cnc12. The molecule has 0 unspecified atom stereocenters. The molecule has 0 saturated heterocycles. The van der Waals surface area contributed by atoms with Gasteiger partial charge in [-0.1, -0.05) is 17.7 Å². The molecule has 2 rings (SSSR count). The lowest BCUT2D eigenvalue weighted by atomic mass is 10.1. The highest BCUT2D eigenvalue weighted by atomic mass is 35.5. The largest absolute Gasteiger partial charge is 0.254 e. The number of aryl methyl sites for hydroxylation is 1. The normalized spacial score (nSPS) is 10.8. The average Bonchev–Trinajstić information content (AvgIpc) is 2.16. The van der Waals surface area contributed by atoms with Gasteiger partial charge in [-0.2, -0.15) is 0 Å². The second-order valence-corrected chi connectivity index (χ2v) is 3.98. The first-order valence-corrected chi connectivity index (χ1v) is 5.22. The van der Waals surface area contributed by atoms with Crippen LogP contribution in [0.15, 0.2) is 24.4 Å². The Labute approximate surface area is 92.7 Å². The lowest BCUT2D eigenvalue weighted by Crippen LogP contribution is -1.87. The van der Waals surface area contributed by atoms with Crippen LogP contribution >= 0.6 is 23.2 Å². The molecular weight excluding hydrogens is 217 g/mol. The Kier molecular flexibility index (Phi) is 2.62. The van der Waals surface area contributed by atoms with E-state index in [4.69, 9.17) is 23.2 Å². The molecule has 0 aliphatic heterocycles. The molecule has 0 atom stereocenters. The third-order valence-corrected chi connectivity index (χ3v) is 2.67. The van der Waals surface area contributed by atoms with E-state index in [1.165, 1.54) is 0 Å². The van der Waals surface area contributed by atoms with Gasteiger partial charge in [-0.25, -0.2) is 0 Å². The summed E-state index contributed by atoms with van der Waals surface area (Å²) in [4.78, 5) is 4.28. The van der Waals surface area contributed by atoms with Crippen molar-refractivity contribution < 1.29 is 0 Å². The molecule has 0 amide bonds. The summed E-state index contributed by atoms with van der Waals surface area (Å²) in [5.74, 6) is 0.517. The zero-order chi connectivity index (χ0) is 10.1. The van der Waals surface area contributed by atoms with Gasteiger partial charge in [-0.05, 0) is 30.2 Å². The zero-order valence-electron chi connectivity index (χ0n) is 7.72. The van der Waals surface area contributed by atoms with Crippen molar-refractivity contribution in [3.05, 3.63) is 40.5 Å². The third-order valence-electron chi connectivity index (χ3n) is 2.15. The molecule has 1 nitrogen and oxygen atoms in total. The molecule has 14 heavy (non-hydrogen) atoms. The third kappa shape index (κ3) is 1.70. The predicted octanol–water partition coefficient (Wildman–Crippen LogP) is 3.94. The van der Waals surface area contributed by atoms with Gasteiger partial charge in [0.05, 0.1) is 10.5 Å². The van der Waals surface area contributed by atoms with Gasteiger partial charge in [0, 0.05) is 17.5 Å². The summed E-state index contributed by atoms with van der Waals surface area (Å²) in [6, 6.07) is 5.98. The molecule has 0 aliphatic rings. The van der Waals surface area contributed by atoms with Gasteiger partial charge < -0.3 is 0 Å². The molecule has 3 heteroatoms. The van der Waals surface area contributed by atoms with E-state index in [9.17, 15) is 0 Å². The van der Waals surface area contributed by atoms with E-state index in [0.29, 0.717) is 10.9 Å². The molecule has 0 fully saturated rings. The van der Waals surface area contributed by atoms with Gasteiger partial charge in [-0.15, -0.1) is 11.6 Å². The number of rotatable bonds is 1. The number of hydrogen-bond donors (Lipinski definition) is 0. The van der Waals surface area contributed by atoms with Crippen LogP contribution in [0.4, 0.5) is 0 Å². The molecule has 1 aromatic heterocycles. The molecule has 0 N–H and O–H groups in total. The van der Waals surface area contributed by atoms with Gasteiger partial charge in [0.25, 0.3) is 0 Å². The predicted molar refractivity (Wildman–Crippen MR) is 61.0 cm³/mol. The number of alkyl halides is 1. The summed E-state index contributed by atoms with van der Waals surface area (Å²) in [5.41, 5.74) is 3.22. The topological polar surface area (TPSA) is 12.9 Å². The fourth-order valence-corrected chi connectivity index (χ4v) is 1.88. The Morgan fingerprint density at radius 1 is 1.29 bits per heavy atom. The minimum Gasteiger partial charge on any atom is -0.254 e. The Balaban J connectivity index is 2.77. The molecule has 0 radical (unpaired) electrons. The van der Waals surface area contributed by atoms with Crippen LogP contribution in [0.3, 0.4) is 0 Å². The van der Waals surface area contributed by atoms with E-state index < -0.39 is 0 Å². The second kappa shape index (κ2) is 3.76. The van der Waals surface area contributed by atoms with Crippen LogP contribution in [0.25, 0.3) is 10.9 Å². The number of aromatic nitrogens is 1. The van der Waals surface area contributed by atoms with Crippen LogP contribution in [-0.4, -0.2) is 4.98 Å². The van der Waals surface area contributed by atoms with Gasteiger partial charge in [-0.3, -0.25) is 4.98 Å². The summed E-state index contributed by atoms with van der Waals surface area (Å²) >= 11 is 11.7. The molecule has 1 aromatic carbocycles. The maximum absolute atomic E-state index is 5.87. The van der Waals surface area contributed by atoms with E-state index >= 15 is 0 Å². The lowest BCUT2D eigenvalue weighted by Gasteiger charge is -2.04. The fraction of sp³-hybridized carbons (Fsp3) is 0.182. The molecule has 0 aliphatic carbocycles. The van der Waals surface area contributed by atoms with Crippen LogP contribution in [0.5, 0.6) is 0 Å². The van der Waals surface area contributed by atoms with Crippen molar-refractivity contribution in [1.82, 2.24) is 4.98 Å². The molecule has 0 bridgehead atoms. The minimum absolute atomic E-state index is 0.517. The van der Waals surface area contributed by atoms with Crippen molar-refractivity contribution in [3.63, 3.8) is 0 Å². The quantitative estimate of drug-likeness (QED) is 0.671. The number of nitrogens with zero attached hydrogens (tertiary/aromatic N) is 1. The van der Waals surface area contributed by atoms with E-state index in [0.717, 1.165) is 22.0 Å². The summed E-state index contributed by atoms with van der Waals surface area (Å²) in [5, 5.41) is 1.71. The smallest absolute Gasteiger partial charge is 0.0732 e. The van der Waals surface area contributed by atoms with Crippen molar-refractivity contribution in [1.29, 1.82) is 0 Å². The second-order valence-electron chi connectivity index (χ2n) is 3.27. The van der Waals surface area contributed by atoms with Crippen LogP contribution in [0, 0.1) is 6.92 Å². The summed E-state index contributed by atoms with van der Waals surface area (Å²) in [7, 11) is 0. The standard InChI is InChI=1S/C11H9Cl2N/c1-7-2-8(5-12)3-9-4-10(13)6-14-11(7)9/h2-4,6H,5H2,1H3. The number of benzene rings is 1. The molecule has 1 heterocycles. The summed E-state index contributed by atoms with van der Waals surface area (Å²) in [6.07, 6.45) is 1.66. The molecular formula is C11H9Cl2N. The van der Waals surface area contributed by atoms with Gasteiger partial charge in [0.2, 0.25) is 0 Å². The van der Waals surface area contributed by atoms with Crippen LogP contribution in [-0.2, 0) is 5.88 Å². The highest BCUT2D eigenvalue weighted by molar-refractivity contribution is 6.31. The van der Waals surface area contributed by atoms with Gasteiger partial charge in [0.1, 0.15) is 0 Å². The highest BCUT2D eigenvalue weighted by Gasteiger charge is 2.02. The number of fused-ring (bicyclic) bond motifs is 1. The van der Waals surface area contributed by atoms with E-state index in [-0.39, 0.29) is 0 Å². The first-order chi connectivity index (χ1) is 6.70. The number of halogens is 2. The average molecular weight is 226 g/mol. The Bertz CT molecular complexity index is 480. The minimum atomic E-state index is 0.517. The van der Waals surface area contributed by atoms with Gasteiger partial charge >= 0.3 is 0 Å². The van der Waals surface area contributed by atoms with Crippen molar-refractivity contribution in [2.75, 3.05) is 0 Å². The van der Waals surface area contributed by atoms with E-state index in [1.807, 2.05) is 19.1 Å². The van der Waals surface area contributed by atoms with Crippen molar-refractivity contribution in [3.8, 4) is 0 Å². The maximum Gasteiger partial charge on any atom is 0.0732 e. The molecule has 72 valence electrons. The molecule has 0 spiro atoms. The monoisotopic (exact) mass is 225 g/mol. The van der Waals surface area contributed by atoms with Crippen LogP contribution in [0.1, 0.15) is 11.1 Å². The molecule has 2 aromatic rings. The first kappa shape index (κ1) is 9.75. The lowest BCUT2D eigenvalue weighted by molar-refractivity contribution is 1.32. The summed E-state index contributed by atoms with van der Waals surface area (Å²) in [6.45, 7) is 2.03. The zero-order valence-corrected chi connectivity index (χ0v) is 9.23. The van der Waals surface area contributed by atoms with Crippen LogP contribution < -0.4 is 0 Å². The van der Waals surface area contributed by atoms with Crippen LogP contribution in [0.2, 0.25) is 5.02 Å². The highest BCUT2D eigenvalue weighted by Crippen LogP contribution is 2.22. The van der Waals surface area contributed by atoms with E-state index in [2.05, 4.69) is 11.1 Å². The maximum atomic E-state index is 5.87. The Morgan fingerprint density at radius 2 is 2.07 bits per heavy atom. The van der Waals surface area contributed by atoms with Gasteiger partial charge in [0.15, 0.2) is 0 Å². The number of hydrogen-bond acceptors (Lipinski definition) is 1. The first-order valence-electron chi connectivity index (χ1n) is 4.31.